The first-order chi connectivity index (χ1) is 17.8. The van der Waals surface area contributed by atoms with Crippen LogP contribution in [0, 0.1) is 11.8 Å². The average Bonchev–Trinajstić information content (AvgIpc) is 3.43. The Labute approximate surface area is 214 Å². The van der Waals surface area contributed by atoms with Gasteiger partial charge in [0, 0.05) is 11.6 Å². The molecule has 0 spiro atoms. The maximum Gasteiger partial charge on any atom is 0.119 e. The van der Waals surface area contributed by atoms with Gasteiger partial charge < -0.3 is 10.1 Å². The van der Waals surface area contributed by atoms with Crippen LogP contribution in [0.15, 0.2) is 84.9 Å². The zero-order chi connectivity index (χ0) is 23.9. The van der Waals surface area contributed by atoms with E-state index in [-0.39, 0.29) is 6.04 Å². The molecule has 3 atom stereocenters. The summed E-state index contributed by atoms with van der Waals surface area (Å²) in [5.74, 6) is 2.81. The monoisotopic (exact) mass is 473 g/mol. The molecular weight excluding hydrogens is 438 g/mol. The Morgan fingerprint density at radius 3 is 2.33 bits per heavy atom. The van der Waals surface area contributed by atoms with Gasteiger partial charge in [-0.05, 0) is 81.6 Å². The predicted molar refractivity (Wildman–Crippen MR) is 151 cm³/mol. The highest BCUT2D eigenvalue weighted by molar-refractivity contribution is 6.03. The summed E-state index contributed by atoms with van der Waals surface area (Å²) in [7, 11) is 0. The van der Waals surface area contributed by atoms with Gasteiger partial charge in [-0.15, -0.1) is 0 Å². The quantitative estimate of drug-likeness (QED) is 0.230. The second kappa shape index (κ2) is 9.32. The lowest BCUT2D eigenvalue weighted by Gasteiger charge is -2.38. The van der Waals surface area contributed by atoms with E-state index >= 15 is 0 Å². The molecule has 2 heteroatoms. The Kier molecular flexibility index (Phi) is 5.69. The molecule has 4 aromatic carbocycles. The van der Waals surface area contributed by atoms with E-state index in [0.29, 0.717) is 11.8 Å². The second-order valence-corrected chi connectivity index (χ2v) is 11.1. The smallest absolute Gasteiger partial charge is 0.119 e. The molecule has 0 amide bonds. The van der Waals surface area contributed by atoms with E-state index in [0.717, 1.165) is 24.7 Å². The number of anilines is 1. The highest BCUT2D eigenvalue weighted by atomic mass is 16.5. The summed E-state index contributed by atoms with van der Waals surface area (Å²) in [6.07, 6.45) is 14.1. The highest BCUT2D eigenvalue weighted by Gasteiger charge is 2.39. The summed E-state index contributed by atoms with van der Waals surface area (Å²) in [5, 5.41) is 9.39. The van der Waals surface area contributed by atoms with Crippen molar-refractivity contribution in [2.24, 2.45) is 11.8 Å². The third-order valence-electron chi connectivity index (χ3n) is 8.98. The molecule has 36 heavy (non-hydrogen) atoms. The van der Waals surface area contributed by atoms with E-state index in [1.807, 2.05) is 0 Å². The minimum atomic E-state index is 0.270. The number of hydrogen-bond acceptors (Lipinski definition) is 2. The van der Waals surface area contributed by atoms with E-state index in [4.69, 9.17) is 4.74 Å². The third-order valence-corrected chi connectivity index (χ3v) is 8.98. The molecule has 4 aromatic rings. The van der Waals surface area contributed by atoms with Gasteiger partial charge >= 0.3 is 0 Å². The minimum Gasteiger partial charge on any atom is -0.494 e. The molecule has 1 saturated carbocycles. The summed E-state index contributed by atoms with van der Waals surface area (Å²) in [5.41, 5.74) is 4.09. The Hall–Kier alpha value is -3.26. The number of allylic oxidation sites excluding steroid dienone is 2. The van der Waals surface area contributed by atoms with Crippen molar-refractivity contribution in [3.05, 3.63) is 96.1 Å². The van der Waals surface area contributed by atoms with Crippen LogP contribution >= 0.6 is 0 Å². The zero-order valence-electron chi connectivity index (χ0n) is 21.0. The fraction of sp³-hybridized carbons (Fsp3) is 0.353. The third kappa shape index (κ3) is 3.88. The van der Waals surface area contributed by atoms with Crippen LogP contribution in [0.2, 0.25) is 0 Å². The summed E-state index contributed by atoms with van der Waals surface area (Å²) in [4.78, 5) is 0. The molecular formula is C34H35NO. The molecule has 0 saturated heterocycles. The SMILES string of the molecule is C1=CC2c3cc(OCCC4CCCCC4)ccc3NC(c3c4ccccc4cc4ccccc34)C2C1. The molecule has 1 N–H and O–H groups in total. The molecule has 1 fully saturated rings. The first kappa shape index (κ1) is 22.0. The zero-order valence-corrected chi connectivity index (χ0v) is 21.0. The van der Waals surface area contributed by atoms with Gasteiger partial charge in [-0.2, -0.15) is 0 Å². The number of ether oxygens (including phenoxy) is 1. The van der Waals surface area contributed by atoms with E-state index < -0.39 is 0 Å². The van der Waals surface area contributed by atoms with Crippen LogP contribution in [0.25, 0.3) is 21.5 Å². The highest BCUT2D eigenvalue weighted by Crippen LogP contribution is 2.52. The molecule has 182 valence electrons. The topological polar surface area (TPSA) is 21.3 Å². The molecule has 2 nitrogen and oxygen atoms in total. The van der Waals surface area contributed by atoms with Crippen molar-refractivity contribution in [1.82, 2.24) is 0 Å². The Balaban J connectivity index is 1.22. The van der Waals surface area contributed by atoms with Crippen LogP contribution < -0.4 is 10.1 Å². The van der Waals surface area contributed by atoms with Gasteiger partial charge in [0.1, 0.15) is 5.75 Å². The molecule has 0 bridgehead atoms. The number of rotatable bonds is 5. The van der Waals surface area contributed by atoms with Crippen molar-refractivity contribution in [3.63, 3.8) is 0 Å². The van der Waals surface area contributed by atoms with Crippen molar-refractivity contribution in [3.8, 4) is 5.75 Å². The Bertz CT molecular complexity index is 1380. The molecule has 3 unspecified atom stereocenters. The number of hydrogen-bond donors (Lipinski definition) is 1. The lowest BCUT2D eigenvalue weighted by molar-refractivity contribution is 0.246. The predicted octanol–water partition coefficient (Wildman–Crippen LogP) is 9.17. The summed E-state index contributed by atoms with van der Waals surface area (Å²) in [6, 6.07) is 27.1. The van der Waals surface area contributed by atoms with Crippen LogP contribution in [-0.2, 0) is 0 Å². The lowest BCUT2D eigenvalue weighted by Crippen LogP contribution is -2.29. The fourth-order valence-corrected chi connectivity index (χ4v) is 7.15. The fourth-order valence-electron chi connectivity index (χ4n) is 7.15. The van der Waals surface area contributed by atoms with Crippen LogP contribution in [0.5, 0.6) is 5.75 Å². The Morgan fingerprint density at radius 2 is 1.56 bits per heavy atom. The van der Waals surface area contributed by atoms with E-state index in [1.54, 1.807) is 0 Å². The van der Waals surface area contributed by atoms with Crippen LogP contribution in [-0.4, -0.2) is 6.61 Å². The first-order valence-electron chi connectivity index (χ1n) is 14.0. The number of benzene rings is 4. The van der Waals surface area contributed by atoms with Gasteiger partial charge in [0.15, 0.2) is 0 Å². The van der Waals surface area contributed by atoms with Crippen molar-refractivity contribution in [1.29, 1.82) is 0 Å². The van der Waals surface area contributed by atoms with Gasteiger partial charge in [0.25, 0.3) is 0 Å². The standard InChI is InChI=1S/C34H35NO/c1-2-9-23(10-3-1)19-20-36-26-17-18-32-31(22-26)29-15-8-16-30(29)34(35-32)33-27-13-6-4-11-24(27)21-25-12-5-7-14-28(25)33/h4-8,11-15,17-18,21-23,29-30,34-35H,1-3,9-10,16,19-20H2. The van der Waals surface area contributed by atoms with Crippen LogP contribution in [0.1, 0.15) is 68.0 Å². The summed E-state index contributed by atoms with van der Waals surface area (Å²) < 4.78 is 6.30. The van der Waals surface area contributed by atoms with Gasteiger partial charge in [-0.3, -0.25) is 0 Å². The van der Waals surface area contributed by atoms with Gasteiger partial charge in [0.05, 0.1) is 12.6 Å². The van der Waals surface area contributed by atoms with Crippen molar-refractivity contribution < 1.29 is 4.74 Å². The maximum absolute atomic E-state index is 6.30. The number of nitrogens with one attached hydrogen (secondary N) is 1. The maximum atomic E-state index is 6.30. The van der Waals surface area contributed by atoms with Crippen LogP contribution in [0.3, 0.4) is 0 Å². The molecule has 0 aromatic heterocycles. The van der Waals surface area contributed by atoms with Crippen molar-refractivity contribution in [2.45, 2.75) is 56.9 Å². The normalized spacial score (nSPS) is 23.4. The molecule has 1 heterocycles. The van der Waals surface area contributed by atoms with E-state index in [1.165, 1.54) is 76.9 Å². The summed E-state index contributed by atoms with van der Waals surface area (Å²) in [6.45, 7) is 0.839. The van der Waals surface area contributed by atoms with E-state index in [2.05, 4.69) is 90.3 Å². The van der Waals surface area contributed by atoms with E-state index in [9.17, 15) is 0 Å². The molecule has 7 rings (SSSR count). The second-order valence-electron chi connectivity index (χ2n) is 11.1. The molecule has 1 aliphatic heterocycles. The largest absolute Gasteiger partial charge is 0.494 e. The average molecular weight is 474 g/mol. The lowest BCUT2D eigenvalue weighted by atomic mass is 9.75. The molecule has 3 aliphatic rings. The first-order valence-corrected chi connectivity index (χ1v) is 14.0. The molecule has 0 radical (unpaired) electrons. The van der Waals surface area contributed by atoms with Crippen molar-refractivity contribution >= 4 is 27.2 Å². The molecule has 2 aliphatic carbocycles. The number of fused-ring (bicyclic) bond motifs is 5. The van der Waals surface area contributed by atoms with Gasteiger partial charge in [-0.1, -0.05) is 92.8 Å². The van der Waals surface area contributed by atoms with Crippen molar-refractivity contribution in [2.75, 3.05) is 11.9 Å². The van der Waals surface area contributed by atoms with Gasteiger partial charge in [-0.25, -0.2) is 0 Å². The Morgan fingerprint density at radius 1 is 0.806 bits per heavy atom. The minimum absolute atomic E-state index is 0.270. The van der Waals surface area contributed by atoms with Crippen LogP contribution in [0.4, 0.5) is 5.69 Å². The summed E-state index contributed by atoms with van der Waals surface area (Å²) >= 11 is 0. The van der Waals surface area contributed by atoms with Gasteiger partial charge in [0.2, 0.25) is 0 Å².